The van der Waals surface area contributed by atoms with Gasteiger partial charge in [-0.25, -0.2) is 0 Å². The van der Waals surface area contributed by atoms with Crippen molar-refractivity contribution in [3.05, 3.63) is 0 Å². The molecule has 0 saturated carbocycles. The van der Waals surface area contributed by atoms with E-state index < -0.39 is 0 Å². The summed E-state index contributed by atoms with van der Waals surface area (Å²) >= 11 is 0. The molecular formula is C9H21N3. The fraction of sp³-hybridized carbons (Fsp3) is 1.00. The highest BCUT2D eigenvalue weighted by Gasteiger charge is 2.20. The number of hydrogen-bond donors (Lipinski definition) is 2. The second-order valence-electron chi connectivity index (χ2n) is 3.76. The highest BCUT2D eigenvalue weighted by molar-refractivity contribution is 4.75. The molecule has 0 amide bonds. The summed E-state index contributed by atoms with van der Waals surface area (Å²) in [5, 5.41) is 6.73. The predicted molar refractivity (Wildman–Crippen MR) is 52.1 cm³/mol. The van der Waals surface area contributed by atoms with Crippen molar-refractivity contribution in [2.45, 2.75) is 20.0 Å². The monoisotopic (exact) mass is 171 g/mol. The minimum atomic E-state index is 0.548. The number of nitrogens with one attached hydrogen (secondary N) is 2. The van der Waals surface area contributed by atoms with Crippen molar-refractivity contribution in [2.24, 2.45) is 5.92 Å². The van der Waals surface area contributed by atoms with Gasteiger partial charge in [-0.05, 0) is 13.0 Å². The lowest BCUT2D eigenvalue weighted by Gasteiger charge is -2.36. The maximum atomic E-state index is 3.37. The lowest BCUT2D eigenvalue weighted by atomic mass is 10.1. The minimum absolute atomic E-state index is 0.548. The van der Waals surface area contributed by atoms with E-state index in [1.54, 1.807) is 0 Å². The third kappa shape index (κ3) is 2.44. The Labute approximate surface area is 75.5 Å². The lowest BCUT2D eigenvalue weighted by molar-refractivity contribution is 0.116. The zero-order valence-electron chi connectivity index (χ0n) is 8.43. The van der Waals surface area contributed by atoms with Gasteiger partial charge in [-0.1, -0.05) is 13.8 Å². The molecular weight excluding hydrogens is 150 g/mol. The molecule has 1 atom stereocenters. The molecule has 0 aliphatic carbocycles. The molecule has 2 N–H and O–H groups in total. The van der Waals surface area contributed by atoms with Gasteiger partial charge >= 0.3 is 0 Å². The zero-order valence-corrected chi connectivity index (χ0v) is 8.43. The SMILES string of the molecule is CNC(C(C)C)N1CCNCC1. The number of hydrogen-bond acceptors (Lipinski definition) is 3. The molecule has 1 heterocycles. The van der Waals surface area contributed by atoms with Crippen LogP contribution in [0.15, 0.2) is 0 Å². The van der Waals surface area contributed by atoms with Crippen LogP contribution < -0.4 is 10.6 Å². The molecule has 0 aromatic heterocycles. The van der Waals surface area contributed by atoms with Crippen molar-refractivity contribution in [3.8, 4) is 0 Å². The molecule has 3 heteroatoms. The van der Waals surface area contributed by atoms with Gasteiger partial charge in [0.15, 0.2) is 0 Å². The highest BCUT2D eigenvalue weighted by atomic mass is 15.3. The summed E-state index contributed by atoms with van der Waals surface area (Å²) in [5.41, 5.74) is 0. The van der Waals surface area contributed by atoms with Crippen molar-refractivity contribution in [1.29, 1.82) is 0 Å². The van der Waals surface area contributed by atoms with E-state index in [1.807, 2.05) is 7.05 Å². The van der Waals surface area contributed by atoms with Gasteiger partial charge in [0, 0.05) is 26.2 Å². The van der Waals surface area contributed by atoms with Crippen LogP contribution in [0.3, 0.4) is 0 Å². The summed E-state index contributed by atoms with van der Waals surface area (Å²) in [4.78, 5) is 2.52. The first-order valence-corrected chi connectivity index (χ1v) is 4.87. The molecule has 72 valence electrons. The topological polar surface area (TPSA) is 27.3 Å². The van der Waals surface area contributed by atoms with Crippen molar-refractivity contribution in [2.75, 3.05) is 33.2 Å². The van der Waals surface area contributed by atoms with Crippen molar-refractivity contribution < 1.29 is 0 Å². The molecule has 1 unspecified atom stereocenters. The number of piperazine rings is 1. The third-order valence-electron chi connectivity index (χ3n) is 2.47. The Morgan fingerprint density at radius 3 is 2.25 bits per heavy atom. The third-order valence-corrected chi connectivity index (χ3v) is 2.47. The van der Waals surface area contributed by atoms with Crippen molar-refractivity contribution in [3.63, 3.8) is 0 Å². The lowest BCUT2D eigenvalue weighted by Crippen LogP contribution is -2.54. The summed E-state index contributed by atoms with van der Waals surface area (Å²) < 4.78 is 0. The summed E-state index contributed by atoms with van der Waals surface area (Å²) in [6.07, 6.45) is 0.548. The average molecular weight is 171 g/mol. The maximum Gasteiger partial charge on any atom is 0.0619 e. The highest BCUT2D eigenvalue weighted by Crippen LogP contribution is 2.07. The number of rotatable bonds is 3. The van der Waals surface area contributed by atoms with E-state index in [0.717, 1.165) is 13.1 Å². The molecule has 0 bridgehead atoms. The van der Waals surface area contributed by atoms with Crippen LogP contribution in [-0.4, -0.2) is 44.3 Å². The quantitative estimate of drug-likeness (QED) is 0.630. The van der Waals surface area contributed by atoms with E-state index in [-0.39, 0.29) is 0 Å². The Bertz CT molecular complexity index is 119. The van der Waals surface area contributed by atoms with Crippen LogP contribution >= 0.6 is 0 Å². The first-order valence-electron chi connectivity index (χ1n) is 4.87. The Hall–Kier alpha value is -0.120. The Kier molecular flexibility index (Phi) is 3.98. The van der Waals surface area contributed by atoms with Gasteiger partial charge in [-0.15, -0.1) is 0 Å². The van der Waals surface area contributed by atoms with Gasteiger partial charge in [0.05, 0.1) is 6.17 Å². The van der Waals surface area contributed by atoms with Crippen molar-refractivity contribution in [1.82, 2.24) is 15.5 Å². The molecule has 0 aromatic rings. The van der Waals surface area contributed by atoms with E-state index in [1.165, 1.54) is 13.1 Å². The summed E-state index contributed by atoms with van der Waals surface area (Å²) in [5.74, 6) is 0.688. The first kappa shape index (κ1) is 9.96. The molecule has 1 saturated heterocycles. The van der Waals surface area contributed by atoms with Crippen LogP contribution in [0, 0.1) is 5.92 Å². The Morgan fingerprint density at radius 2 is 1.83 bits per heavy atom. The maximum absolute atomic E-state index is 3.37. The Morgan fingerprint density at radius 1 is 1.25 bits per heavy atom. The van der Waals surface area contributed by atoms with E-state index in [4.69, 9.17) is 0 Å². The van der Waals surface area contributed by atoms with Crippen LogP contribution in [0.5, 0.6) is 0 Å². The van der Waals surface area contributed by atoms with Crippen LogP contribution in [0.25, 0.3) is 0 Å². The second-order valence-corrected chi connectivity index (χ2v) is 3.76. The summed E-state index contributed by atoms with van der Waals surface area (Å²) in [6, 6.07) is 0. The molecule has 0 spiro atoms. The largest absolute Gasteiger partial charge is 0.314 e. The van der Waals surface area contributed by atoms with Gasteiger partial charge in [0.1, 0.15) is 0 Å². The Balaban J connectivity index is 2.40. The fourth-order valence-corrected chi connectivity index (χ4v) is 1.90. The predicted octanol–water partition coefficient (Wildman–Crippen LogP) is 0.0931. The minimum Gasteiger partial charge on any atom is -0.314 e. The second kappa shape index (κ2) is 4.80. The molecule has 3 nitrogen and oxygen atoms in total. The normalized spacial score (nSPS) is 23.0. The van der Waals surface area contributed by atoms with Gasteiger partial charge in [-0.3, -0.25) is 4.90 Å². The van der Waals surface area contributed by atoms with Crippen molar-refractivity contribution >= 4 is 0 Å². The van der Waals surface area contributed by atoms with Gasteiger partial charge in [0.25, 0.3) is 0 Å². The van der Waals surface area contributed by atoms with Crippen LogP contribution in [0.1, 0.15) is 13.8 Å². The van der Waals surface area contributed by atoms with E-state index >= 15 is 0 Å². The summed E-state index contributed by atoms with van der Waals surface area (Å²) in [7, 11) is 2.05. The van der Waals surface area contributed by atoms with Crippen LogP contribution in [0.4, 0.5) is 0 Å². The van der Waals surface area contributed by atoms with Gasteiger partial charge in [-0.2, -0.15) is 0 Å². The van der Waals surface area contributed by atoms with E-state index in [9.17, 15) is 0 Å². The molecule has 1 aliphatic rings. The molecule has 1 fully saturated rings. The molecule has 12 heavy (non-hydrogen) atoms. The molecule has 1 rings (SSSR count). The fourth-order valence-electron chi connectivity index (χ4n) is 1.90. The molecule has 1 aliphatic heterocycles. The number of nitrogens with zero attached hydrogens (tertiary/aromatic N) is 1. The van der Waals surface area contributed by atoms with Crippen LogP contribution in [-0.2, 0) is 0 Å². The van der Waals surface area contributed by atoms with Crippen LogP contribution in [0.2, 0.25) is 0 Å². The first-order chi connectivity index (χ1) is 5.75. The molecule has 0 radical (unpaired) electrons. The van der Waals surface area contributed by atoms with E-state index in [0.29, 0.717) is 12.1 Å². The molecule has 0 aromatic carbocycles. The zero-order chi connectivity index (χ0) is 8.97. The van der Waals surface area contributed by atoms with E-state index in [2.05, 4.69) is 29.4 Å². The van der Waals surface area contributed by atoms with Gasteiger partial charge < -0.3 is 10.6 Å². The summed E-state index contributed by atoms with van der Waals surface area (Å²) in [6.45, 7) is 9.13. The smallest absolute Gasteiger partial charge is 0.0619 e. The standard InChI is InChI=1S/C9H21N3/c1-8(2)9(10-3)12-6-4-11-5-7-12/h8-11H,4-7H2,1-3H3. The van der Waals surface area contributed by atoms with Gasteiger partial charge in [0.2, 0.25) is 0 Å². The average Bonchev–Trinajstić information content (AvgIpc) is 2.07.